The van der Waals surface area contributed by atoms with E-state index in [2.05, 4.69) is 25.7 Å². The number of ether oxygens (including phenoxy) is 1. The lowest BCUT2D eigenvalue weighted by Gasteiger charge is -2.16. The highest BCUT2D eigenvalue weighted by atomic mass is 16.5. The third kappa shape index (κ3) is 7.14. The topological polar surface area (TPSA) is 38.3 Å². The summed E-state index contributed by atoms with van der Waals surface area (Å²) in [6, 6.07) is 0.264. The Kier molecular flexibility index (Phi) is 8.01. The molecule has 15 heavy (non-hydrogen) atoms. The summed E-state index contributed by atoms with van der Waals surface area (Å²) in [6.45, 7) is 10.9. The molecule has 0 aromatic carbocycles. The van der Waals surface area contributed by atoms with Crippen LogP contribution in [-0.2, 0) is 9.53 Å². The van der Waals surface area contributed by atoms with Crippen molar-refractivity contribution in [2.75, 3.05) is 13.2 Å². The molecule has 0 bridgehead atoms. The Bertz CT molecular complexity index is 202. The Labute approximate surface area is 92.9 Å². The molecule has 0 aliphatic rings. The van der Waals surface area contributed by atoms with Crippen LogP contribution in [0.3, 0.4) is 0 Å². The number of rotatable bonds is 8. The first-order valence-corrected chi connectivity index (χ1v) is 5.67. The van der Waals surface area contributed by atoms with Gasteiger partial charge in [0.25, 0.3) is 0 Å². The molecule has 0 saturated heterocycles. The van der Waals surface area contributed by atoms with E-state index in [0.717, 1.165) is 19.4 Å². The van der Waals surface area contributed by atoms with Crippen molar-refractivity contribution in [3.63, 3.8) is 0 Å². The van der Waals surface area contributed by atoms with E-state index in [1.165, 1.54) is 6.42 Å². The van der Waals surface area contributed by atoms with E-state index < -0.39 is 0 Å². The zero-order chi connectivity index (χ0) is 11.7. The number of carbonyl (C=O) groups excluding carboxylic acids is 1. The van der Waals surface area contributed by atoms with E-state index in [1.54, 1.807) is 6.92 Å². The fourth-order valence-corrected chi connectivity index (χ4v) is 1.10. The van der Waals surface area contributed by atoms with E-state index in [9.17, 15) is 4.79 Å². The van der Waals surface area contributed by atoms with E-state index in [-0.39, 0.29) is 12.0 Å². The van der Waals surface area contributed by atoms with Crippen molar-refractivity contribution in [3.05, 3.63) is 12.2 Å². The van der Waals surface area contributed by atoms with Crippen LogP contribution in [0.25, 0.3) is 0 Å². The predicted molar refractivity (Wildman–Crippen MR) is 62.8 cm³/mol. The number of hydrogen-bond donors (Lipinski definition) is 1. The number of carbonyl (C=O) groups is 1. The van der Waals surface area contributed by atoms with Crippen LogP contribution in [0.2, 0.25) is 0 Å². The largest absolute Gasteiger partial charge is 0.461 e. The SMILES string of the molecule is C=C(C)C(=O)OCC(CC)NCCCC. The summed E-state index contributed by atoms with van der Waals surface area (Å²) in [5.41, 5.74) is 0.457. The fourth-order valence-electron chi connectivity index (χ4n) is 1.10. The molecular formula is C12H23NO2. The van der Waals surface area contributed by atoms with Gasteiger partial charge >= 0.3 is 5.97 Å². The van der Waals surface area contributed by atoms with Gasteiger partial charge in [-0.2, -0.15) is 0 Å². The molecule has 0 aromatic rings. The van der Waals surface area contributed by atoms with Gasteiger partial charge < -0.3 is 10.1 Å². The molecule has 0 radical (unpaired) electrons. The Balaban J connectivity index is 3.69. The zero-order valence-electron chi connectivity index (χ0n) is 10.1. The molecule has 0 aromatic heterocycles. The monoisotopic (exact) mass is 213 g/mol. The average Bonchev–Trinajstić information content (AvgIpc) is 2.22. The first kappa shape index (κ1) is 14.2. The van der Waals surface area contributed by atoms with Crippen LogP contribution < -0.4 is 5.32 Å². The molecule has 0 aliphatic heterocycles. The molecule has 1 unspecified atom stereocenters. The van der Waals surface area contributed by atoms with Gasteiger partial charge in [-0.3, -0.25) is 0 Å². The van der Waals surface area contributed by atoms with Gasteiger partial charge in [0.1, 0.15) is 6.61 Å². The smallest absolute Gasteiger partial charge is 0.333 e. The lowest BCUT2D eigenvalue weighted by Crippen LogP contribution is -2.34. The molecule has 0 spiro atoms. The van der Waals surface area contributed by atoms with Crippen LogP contribution in [0.1, 0.15) is 40.0 Å². The van der Waals surface area contributed by atoms with Crippen molar-refractivity contribution in [1.29, 1.82) is 0 Å². The number of hydrogen-bond acceptors (Lipinski definition) is 3. The first-order valence-electron chi connectivity index (χ1n) is 5.67. The van der Waals surface area contributed by atoms with Crippen LogP contribution in [-0.4, -0.2) is 25.2 Å². The third-order valence-electron chi connectivity index (χ3n) is 2.22. The highest BCUT2D eigenvalue weighted by Gasteiger charge is 2.09. The summed E-state index contributed by atoms with van der Waals surface area (Å²) in [5, 5.41) is 3.36. The van der Waals surface area contributed by atoms with Crippen molar-refractivity contribution in [1.82, 2.24) is 5.32 Å². The molecule has 1 N–H and O–H groups in total. The Morgan fingerprint density at radius 3 is 2.60 bits per heavy atom. The standard InChI is InChI=1S/C12H23NO2/c1-5-7-8-13-11(6-2)9-15-12(14)10(3)4/h11,13H,3,5-9H2,1-2,4H3. The second kappa shape index (κ2) is 8.48. The molecule has 0 fully saturated rings. The first-order chi connectivity index (χ1) is 7.11. The van der Waals surface area contributed by atoms with E-state index in [0.29, 0.717) is 12.2 Å². The minimum absolute atomic E-state index is 0.264. The number of unbranched alkanes of at least 4 members (excludes halogenated alkanes) is 1. The molecule has 0 rings (SSSR count). The second-order valence-corrected chi connectivity index (χ2v) is 3.79. The zero-order valence-corrected chi connectivity index (χ0v) is 10.1. The highest BCUT2D eigenvalue weighted by molar-refractivity contribution is 5.86. The van der Waals surface area contributed by atoms with Crippen molar-refractivity contribution in [2.45, 2.75) is 46.1 Å². The van der Waals surface area contributed by atoms with E-state index in [1.807, 2.05) is 0 Å². The average molecular weight is 213 g/mol. The van der Waals surface area contributed by atoms with Crippen molar-refractivity contribution in [3.8, 4) is 0 Å². The van der Waals surface area contributed by atoms with Gasteiger partial charge in [0.05, 0.1) is 0 Å². The molecule has 1 atom stereocenters. The van der Waals surface area contributed by atoms with Crippen molar-refractivity contribution >= 4 is 5.97 Å². The molecule has 3 nitrogen and oxygen atoms in total. The number of esters is 1. The minimum Gasteiger partial charge on any atom is -0.461 e. The van der Waals surface area contributed by atoms with Gasteiger partial charge in [-0.05, 0) is 26.3 Å². The molecule has 0 aliphatic carbocycles. The van der Waals surface area contributed by atoms with Crippen molar-refractivity contribution in [2.24, 2.45) is 0 Å². The van der Waals surface area contributed by atoms with Gasteiger partial charge in [0, 0.05) is 11.6 Å². The Morgan fingerprint density at radius 2 is 2.13 bits per heavy atom. The molecule has 0 heterocycles. The summed E-state index contributed by atoms with van der Waals surface area (Å²) < 4.78 is 5.09. The van der Waals surface area contributed by atoms with Crippen molar-refractivity contribution < 1.29 is 9.53 Å². The fraction of sp³-hybridized carbons (Fsp3) is 0.750. The Morgan fingerprint density at radius 1 is 1.47 bits per heavy atom. The van der Waals surface area contributed by atoms with Gasteiger partial charge in [-0.1, -0.05) is 26.8 Å². The van der Waals surface area contributed by atoms with Gasteiger partial charge in [-0.15, -0.1) is 0 Å². The van der Waals surface area contributed by atoms with Gasteiger partial charge in [0.15, 0.2) is 0 Å². The molecule has 88 valence electrons. The van der Waals surface area contributed by atoms with Gasteiger partial charge in [0.2, 0.25) is 0 Å². The van der Waals surface area contributed by atoms with Crippen LogP contribution in [0, 0.1) is 0 Å². The third-order valence-corrected chi connectivity index (χ3v) is 2.22. The lowest BCUT2D eigenvalue weighted by atomic mass is 10.2. The maximum atomic E-state index is 11.1. The van der Waals surface area contributed by atoms with E-state index in [4.69, 9.17) is 4.74 Å². The minimum atomic E-state index is -0.300. The molecule has 0 saturated carbocycles. The molecular weight excluding hydrogens is 190 g/mol. The summed E-state index contributed by atoms with van der Waals surface area (Å²) >= 11 is 0. The maximum absolute atomic E-state index is 11.1. The predicted octanol–water partition coefficient (Wildman–Crippen LogP) is 2.27. The summed E-state index contributed by atoms with van der Waals surface area (Å²) in [4.78, 5) is 11.1. The quantitative estimate of drug-likeness (QED) is 0.382. The normalized spacial score (nSPS) is 12.2. The summed E-state index contributed by atoms with van der Waals surface area (Å²) in [5.74, 6) is -0.300. The number of nitrogens with one attached hydrogen (secondary N) is 1. The molecule has 0 amide bonds. The highest BCUT2D eigenvalue weighted by Crippen LogP contribution is 1.97. The van der Waals surface area contributed by atoms with Crippen LogP contribution in [0.4, 0.5) is 0 Å². The van der Waals surface area contributed by atoms with Gasteiger partial charge in [-0.25, -0.2) is 4.79 Å². The summed E-state index contributed by atoms with van der Waals surface area (Å²) in [6.07, 6.45) is 3.30. The molecule has 3 heteroatoms. The van der Waals surface area contributed by atoms with Crippen LogP contribution in [0.5, 0.6) is 0 Å². The van der Waals surface area contributed by atoms with Crippen LogP contribution in [0.15, 0.2) is 12.2 Å². The lowest BCUT2D eigenvalue weighted by molar-refractivity contribution is -0.139. The Hall–Kier alpha value is -0.830. The second-order valence-electron chi connectivity index (χ2n) is 3.79. The van der Waals surface area contributed by atoms with E-state index >= 15 is 0 Å². The maximum Gasteiger partial charge on any atom is 0.333 e. The summed E-state index contributed by atoms with van der Waals surface area (Å²) in [7, 11) is 0. The van der Waals surface area contributed by atoms with Crippen LogP contribution >= 0.6 is 0 Å².